The molecule has 4 nitrogen and oxygen atoms in total. The molecule has 2 aromatic rings. The number of alkyl halides is 3. The van der Waals surface area contributed by atoms with Crippen molar-refractivity contribution >= 4 is 5.91 Å². The second-order valence-corrected chi connectivity index (χ2v) is 4.21. The van der Waals surface area contributed by atoms with Gasteiger partial charge in [-0.15, -0.1) is 0 Å². The van der Waals surface area contributed by atoms with E-state index >= 15 is 0 Å². The Labute approximate surface area is 121 Å². The van der Waals surface area contributed by atoms with Crippen molar-refractivity contribution in [2.45, 2.75) is 12.2 Å². The molecule has 2 rings (SSSR count). The molecule has 0 aliphatic carbocycles. The zero-order valence-electron chi connectivity index (χ0n) is 10.7. The lowest BCUT2D eigenvalue weighted by molar-refractivity contribution is -0.156. The minimum absolute atomic E-state index is 0.221. The summed E-state index contributed by atoms with van der Waals surface area (Å²) in [6.45, 7) is 0. The number of carbonyl (C=O) groups is 1. The molecule has 9 heteroatoms. The molecule has 1 unspecified atom stereocenters. The van der Waals surface area contributed by atoms with Crippen molar-refractivity contribution in [3.63, 3.8) is 0 Å². The van der Waals surface area contributed by atoms with Gasteiger partial charge >= 0.3 is 6.18 Å². The maximum absolute atomic E-state index is 13.6. The Kier molecular flexibility index (Phi) is 4.34. The fourth-order valence-electron chi connectivity index (χ4n) is 1.74. The van der Waals surface area contributed by atoms with Crippen LogP contribution in [0, 0.1) is 11.6 Å². The van der Waals surface area contributed by atoms with Crippen molar-refractivity contribution in [2.75, 3.05) is 0 Å². The van der Waals surface area contributed by atoms with Crippen LogP contribution in [0.5, 0.6) is 0 Å². The molecule has 1 aromatic carbocycles. The number of benzene rings is 1. The highest BCUT2D eigenvalue weighted by Crippen LogP contribution is 2.35. The molecule has 1 aromatic heterocycles. The summed E-state index contributed by atoms with van der Waals surface area (Å²) in [5, 5.41) is 8.27. The van der Waals surface area contributed by atoms with Crippen LogP contribution in [0.25, 0.3) is 0 Å². The summed E-state index contributed by atoms with van der Waals surface area (Å²) in [5.74, 6) is -3.99. The Balaban J connectivity index is 2.39. The summed E-state index contributed by atoms with van der Waals surface area (Å²) in [5.41, 5.74) is -1.49. The second kappa shape index (κ2) is 6.04. The van der Waals surface area contributed by atoms with E-state index in [0.717, 1.165) is 24.5 Å². The monoisotopic (exact) mass is 317 g/mol. The van der Waals surface area contributed by atoms with E-state index in [-0.39, 0.29) is 5.56 Å². The first kappa shape index (κ1) is 15.8. The van der Waals surface area contributed by atoms with Crippen LogP contribution in [0.2, 0.25) is 0 Å². The van der Waals surface area contributed by atoms with Gasteiger partial charge in [-0.1, -0.05) is 6.07 Å². The first-order valence-corrected chi connectivity index (χ1v) is 5.89. The summed E-state index contributed by atoms with van der Waals surface area (Å²) in [7, 11) is 0. The Hall–Kier alpha value is -2.58. The number of nitrogens with zero attached hydrogens (tertiary/aromatic N) is 2. The molecule has 1 heterocycles. The highest BCUT2D eigenvalue weighted by atomic mass is 19.4. The summed E-state index contributed by atoms with van der Waals surface area (Å²) in [6.07, 6.45) is -3.05. The largest absolute Gasteiger partial charge is 0.413 e. The van der Waals surface area contributed by atoms with Crippen molar-refractivity contribution in [3.05, 3.63) is 59.4 Å². The standard InChI is InChI=1S/C13H8F5N3O/c14-8-2-1-3-9(15)10(8)11(13(16,17)18)21-12(22)7-4-5-19-20-6-7/h1-6,11H,(H,21,22). The number of aromatic nitrogens is 2. The molecule has 0 aliphatic heterocycles. The first-order chi connectivity index (χ1) is 10.3. The number of halogens is 5. The molecule has 0 saturated heterocycles. The smallest absolute Gasteiger partial charge is 0.336 e. The maximum atomic E-state index is 13.6. The van der Waals surface area contributed by atoms with Crippen molar-refractivity contribution < 1.29 is 26.7 Å². The van der Waals surface area contributed by atoms with E-state index in [1.807, 2.05) is 0 Å². The van der Waals surface area contributed by atoms with Gasteiger partial charge in [0, 0.05) is 0 Å². The molecule has 22 heavy (non-hydrogen) atoms. The third-order valence-electron chi connectivity index (χ3n) is 2.74. The third-order valence-corrected chi connectivity index (χ3v) is 2.74. The van der Waals surface area contributed by atoms with E-state index in [9.17, 15) is 26.7 Å². The van der Waals surface area contributed by atoms with Gasteiger partial charge in [0.15, 0.2) is 6.04 Å². The molecular weight excluding hydrogens is 309 g/mol. The Morgan fingerprint density at radius 2 is 1.73 bits per heavy atom. The van der Waals surface area contributed by atoms with Crippen LogP contribution in [0.15, 0.2) is 36.7 Å². The quantitative estimate of drug-likeness (QED) is 0.886. The molecular formula is C13H8F5N3O. The Morgan fingerprint density at radius 3 is 2.23 bits per heavy atom. The highest BCUT2D eigenvalue weighted by molar-refractivity contribution is 5.94. The lowest BCUT2D eigenvalue weighted by Gasteiger charge is -2.22. The predicted molar refractivity (Wildman–Crippen MR) is 64.7 cm³/mol. The summed E-state index contributed by atoms with van der Waals surface area (Å²) < 4.78 is 66.3. The molecule has 1 amide bonds. The van der Waals surface area contributed by atoms with Gasteiger partial charge in [0.25, 0.3) is 5.91 Å². The van der Waals surface area contributed by atoms with Gasteiger partial charge in [0.1, 0.15) is 11.6 Å². The number of amides is 1. The fourth-order valence-corrected chi connectivity index (χ4v) is 1.74. The van der Waals surface area contributed by atoms with Crippen molar-refractivity contribution in [1.82, 2.24) is 15.5 Å². The molecule has 0 radical (unpaired) electrons. The lowest BCUT2D eigenvalue weighted by atomic mass is 10.0. The van der Waals surface area contributed by atoms with Crippen LogP contribution in [0.3, 0.4) is 0 Å². The summed E-state index contributed by atoms with van der Waals surface area (Å²) in [6, 6.07) is 0.576. The predicted octanol–water partition coefficient (Wildman–Crippen LogP) is 2.79. The van der Waals surface area contributed by atoms with Gasteiger partial charge in [-0.05, 0) is 18.2 Å². The van der Waals surface area contributed by atoms with Gasteiger partial charge in [-0.2, -0.15) is 23.4 Å². The minimum Gasteiger partial charge on any atom is -0.336 e. The first-order valence-electron chi connectivity index (χ1n) is 5.89. The molecule has 0 saturated carbocycles. The van der Waals surface area contributed by atoms with E-state index in [0.29, 0.717) is 12.1 Å². The van der Waals surface area contributed by atoms with E-state index in [1.165, 1.54) is 0 Å². The number of hydrogen-bond donors (Lipinski definition) is 1. The Morgan fingerprint density at radius 1 is 1.09 bits per heavy atom. The number of rotatable bonds is 3. The van der Waals surface area contributed by atoms with Crippen LogP contribution < -0.4 is 5.32 Å². The average Bonchev–Trinajstić information content (AvgIpc) is 2.45. The van der Waals surface area contributed by atoms with Crippen molar-refractivity contribution in [2.24, 2.45) is 0 Å². The average molecular weight is 317 g/mol. The zero-order valence-corrected chi connectivity index (χ0v) is 10.7. The molecule has 116 valence electrons. The van der Waals surface area contributed by atoms with E-state index < -0.39 is 35.3 Å². The molecule has 0 fully saturated rings. The van der Waals surface area contributed by atoms with Gasteiger partial charge in [-0.25, -0.2) is 8.78 Å². The fraction of sp³-hybridized carbons (Fsp3) is 0.154. The summed E-state index contributed by atoms with van der Waals surface area (Å²) in [4.78, 5) is 11.8. The normalized spacial score (nSPS) is 12.8. The molecule has 1 atom stereocenters. The molecule has 0 spiro atoms. The van der Waals surface area contributed by atoms with Crippen molar-refractivity contribution in [3.8, 4) is 0 Å². The summed E-state index contributed by atoms with van der Waals surface area (Å²) >= 11 is 0. The topological polar surface area (TPSA) is 54.9 Å². The van der Waals surface area contributed by atoms with Crippen LogP contribution >= 0.6 is 0 Å². The lowest BCUT2D eigenvalue weighted by Crippen LogP contribution is -2.39. The molecule has 0 bridgehead atoms. The van der Waals surface area contributed by atoms with E-state index in [2.05, 4.69) is 10.2 Å². The Bertz CT molecular complexity index is 655. The highest BCUT2D eigenvalue weighted by Gasteiger charge is 2.44. The van der Waals surface area contributed by atoms with Gasteiger partial charge in [-0.3, -0.25) is 4.79 Å². The van der Waals surface area contributed by atoms with E-state index in [4.69, 9.17) is 0 Å². The second-order valence-electron chi connectivity index (χ2n) is 4.21. The third kappa shape index (κ3) is 3.35. The van der Waals surface area contributed by atoms with Gasteiger partial charge in [0.2, 0.25) is 0 Å². The maximum Gasteiger partial charge on any atom is 0.413 e. The van der Waals surface area contributed by atoms with Crippen LogP contribution in [-0.4, -0.2) is 22.3 Å². The molecule has 1 N–H and O–H groups in total. The minimum atomic E-state index is -5.08. The SMILES string of the molecule is O=C(NC(c1c(F)cccc1F)C(F)(F)F)c1ccnnc1. The van der Waals surface area contributed by atoms with Crippen LogP contribution in [0.1, 0.15) is 22.0 Å². The molecule has 0 aliphatic rings. The van der Waals surface area contributed by atoms with Gasteiger partial charge in [0.05, 0.1) is 23.5 Å². The van der Waals surface area contributed by atoms with Crippen LogP contribution in [-0.2, 0) is 0 Å². The number of hydrogen-bond acceptors (Lipinski definition) is 3. The van der Waals surface area contributed by atoms with Crippen LogP contribution in [0.4, 0.5) is 22.0 Å². The number of carbonyl (C=O) groups excluding carboxylic acids is 1. The van der Waals surface area contributed by atoms with E-state index in [1.54, 1.807) is 5.32 Å². The zero-order chi connectivity index (χ0) is 16.3. The number of nitrogens with one attached hydrogen (secondary N) is 1. The van der Waals surface area contributed by atoms with Crippen molar-refractivity contribution in [1.29, 1.82) is 0 Å². The van der Waals surface area contributed by atoms with Gasteiger partial charge < -0.3 is 5.32 Å².